The van der Waals surface area contributed by atoms with Gasteiger partial charge in [-0.3, -0.25) is 0 Å². The van der Waals surface area contributed by atoms with Crippen LogP contribution in [0.4, 0.5) is 5.69 Å². The monoisotopic (exact) mass is 236 g/mol. The maximum atomic E-state index is 8.68. The van der Waals surface area contributed by atoms with Crippen LogP contribution in [-0.2, 0) is 0 Å². The van der Waals surface area contributed by atoms with Crippen molar-refractivity contribution in [3.05, 3.63) is 29.8 Å². The molecule has 1 unspecified atom stereocenters. The maximum Gasteiger partial charge on any atom is 0.0991 e. The molecule has 0 aromatic heterocycles. The van der Waals surface area contributed by atoms with Gasteiger partial charge in [-0.25, -0.2) is 0 Å². The van der Waals surface area contributed by atoms with E-state index in [1.165, 1.54) is 0 Å². The fourth-order valence-corrected chi connectivity index (χ4v) is 1.81. The Balaban J connectivity index is 2.60. The standard InChI is InChI=1S/C13H17ClN2/c1-10(2)7-13(8-14)16-12-5-3-11(9-15)4-6-12/h3-6,10,13,16H,7-8H2,1-2H3. The highest BCUT2D eigenvalue weighted by Crippen LogP contribution is 2.14. The molecule has 3 heteroatoms. The second kappa shape index (κ2) is 6.40. The Bertz CT molecular complexity index is 351. The molecule has 1 N–H and O–H groups in total. The fourth-order valence-electron chi connectivity index (χ4n) is 1.61. The number of benzene rings is 1. The lowest BCUT2D eigenvalue weighted by Gasteiger charge is -2.19. The van der Waals surface area contributed by atoms with Crippen LogP contribution in [0.25, 0.3) is 0 Å². The van der Waals surface area contributed by atoms with Crippen LogP contribution < -0.4 is 5.32 Å². The molecule has 0 fully saturated rings. The lowest BCUT2D eigenvalue weighted by atomic mass is 10.0. The molecule has 0 bridgehead atoms. The number of nitriles is 1. The molecule has 1 aromatic carbocycles. The molecular weight excluding hydrogens is 220 g/mol. The minimum absolute atomic E-state index is 0.287. The first-order valence-corrected chi connectivity index (χ1v) is 6.01. The predicted octanol–water partition coefficient (Wildman–Crippen LogP) is 3.62. The van der Waals surface area contributed by atoms with E-state index >= 15 is 0 Å². The van der Waals surface area contributed by atoms with Crippen LogP contribution in [-0.4, -0.2) is 11.9 Å². The molecule has 1 aromatic rings. The summed E-state index contributed by atoms with van der Waals surface area (Å²) in [7, 11) is 0. The topological polar surface area (TPSA) is 35.8 Å². The zero-order chi connectivity index (χ0) is 12.0. The molecule has 0 aliphatic carbocycles. The van der Waals surface area contributed by atoms with Crippen molar-refractivity contribution in [3.63, 3.8) is 0 Å². The van der Waals surface area contributed by atoms with Crippen molar-refractivity contribution in [2.45, 2.75) is 26.3 Å². The van der Waals surface area contributed by atoms with Gasteiger partial charge < -0.3 is 5.32 Å². The first kappa shape index (κ1) is 12.9. The van der Waals surface area contributed by atoms with Crippen LogP contribution in [0.1, 0.15) is 25.8 Å². The Morgan fingerprint density at radius 1 is 1.31 bits per heavy atom. The quantitative estimate of drug-likeness (QED) is 0.793. The summed E-state index contributed by atoms with van der Waals surface area (Å²) >= 11 is 5.91. The van der Waals surface area contributed by atoms with Gasteiger partial charge in [0.05, 0.1) is 11.6 Å². The largest absolute Gasteiger partial charge is 0.381 e. The number of alkyl halides is 1. The van der Waals surface area contributed by atoms with Crippen molar-refractivity contribution in [1.82, 2.24) is 0 Å². The summed E-state index contributed by atoms with van der Waals surface area (Å²) in [4.78, 5) is 0. The van der Waals surface area contributed by atoms with Crippen molar-refractivity contribution in [3.8, 4) is 6.07 Å². The highest BCUT2D eigenvalue weighted by molar-refractivity contribution is 6.18. The van der Waals surface area contributed by atoms with Gasteiger partial charge in [-0.1, -0.05) is 13.8 Å². The summed E-state index contributed by atoms with van der Waals surface area (Å²) < 4.78 is 0. The third kappa shape index (κ3) is 4.12. The van der Waals surface area contributed by atoms with Crippen molar-refractivity contribution >= 4 is 17.3 Å². The number of anilines is 1. The van der Waals surface area contributed by atoms with Crippen LogP contribution in [0, 0.1) is 17.2 Å². The first-order valence-electron chi connectivity index (χ1n) is 5.48. The third-order valence-corrected chi connectivity index (χ3v) is 2.70. The second-order valence-electron chi connectivity index (χ2n) is 4.31. The van der Waals surface area contributed by atoms with Gasteiger partial charge in [-0.05, 0) is 36.6 Å². The van der Waals surface area contributed by atoms with E-state index in [2.05, 4.69) is 25.2 Å². The SMILES string of the molecule is CC(C)CC(CCl)Nc1ccc(C#N)cc1. The van der Waals surface area contributed by atoms with Gasteiger partial charge in [0.1, 0.15) is 0 Å². The van der Waals surface area contributed by atoms with Gasteiger partial charge in [-0.2, -0.15) is 5.26 Å². The smallest absolute Gasteiger partial charge is 0.0991 e. The predicted molar refractivity (Wildman–Crippen MR) is 68.7 cm³/mol. The van der Waals surface area contributed by atoms with Gasteiger partial charge in [0.15, 0.2) is 0 Å². The van der Waals surface area contributed by atoms with E-state index in [0.29, 0.717) is 17.4 Å². The third-order valence-electron chi connectivity index (χ3n) is 2.33. The number of nitrogens with zero attached hydrogens (tertiary/aromatic N) is 1. The minimum Gasteiger partial charge on any atom is -0.381 e. The summed E-state index contributed by atoms with van der Waals surface area (Å²) in [6, 6.07) is 9.83. The fraction of sp³-hybridized carbons (Fsp3) is 0.462. The molecule has 0 saturated heterocycles. The van der Waals surface area contributed by atoms with Crippen LogP contribution in [0.5, 0.6) is 0 Å². The van der Waals surface area contributed by atoms with E-state index in [4.69, 9.17) is 16.9 Å². The van der Waals surface area contributed by atoms with Crippen LogP contribution in [0.3, 0.4) is 0 Å². The Hall–Kier alpha value is -1.20. The summed E-state index contributed by atoms with van der Waals surface area (Å²) in [6.45, 7) is 4.36. The number of hydrogen-bond acceptors (Lipinski definition) is 2. The average molecular weight is 237 g/mol. The van der Waals surface area contributed by atoms with Crippen LogP contribution in [0.15, 0.2) is 24.3 Å². The van der Waals surface area contributed by atoms with Crippen molar-refractivity contribution in [2.75, 3.05) is 11.2 Å². The van der Waals surface area contributed by atoms with E-state index < -0.39 is 0 Å². The lowest BCUT2D eigenvalue weighted by molar-refractivity contribution is 0.542. The van der Waals surface area contributed by atoms with Gasteiger partial charge in [0, 0.05) is 17.6 Å². The van der Waals surface area contributed by atoms with Gasteiger partial charge in [0.2, 0.25) is 0 Å². The molecule has 16 heavy (non-hydrogen) atoms. The average Bonchev–Trinajstić information content (AvgIpc) is 2.28. The molecular formula is C13H17ClN2. The normalized spacial score (nSPS) is 12.2. The van der Waals surface area contributed by atoms with E-state index in [1.807, 2.05) is 24.3 Å². The van der Waals surface area contributed by atoms with Gasteiger partial charge in [0.25, 0.3) is 0 Å². The maximum absolute atomic E-state index is 8.68. The van der Waals surface area contributed by atoms with Crippen LogP contribution >= 0.6 is 11.6 Å². The zero-order valence-corrected chi connectivity index (χ0v) is 10.5. The molecule has 0 heterocycles. The zero-order valence-electron chi connectivity index (χ0n) is 9.70. The van der Waals surface area contributed by atoms with E-state index in [1.54, 1.807) is 0 Å². The number of halogens is 1. The molecule has 1 rings (SSSR count). The lowest BCUT2D eigenvalue weighted by Crippen LogP contribution is -2.23. The molecule has 0 spiro atoms. The Morgan fingerprint density at radius 2 is 1.94 bits per heavy atom. The number of hydrogen-bond donors (Lipinski definition) is 1. The number of rotatable bonds is 5. The van der Waals surface area contributed by atoms with Gasteiger partial charge in [-0.15, -0.1) is 11.6 Å². The van der Waals surface area contributed by atoms with E-state index in [-0.39, 0.29) is 6.04 Å². The molecule has 0 aliphatic rings. The second-order valence-corrected chi connectivity index (χ2v) is 4.62. The van der Waals surface area contributed by atoms with E-state index in [9.17, 15) is 0 Å². The van der Waals surface area contributed by atoms with Crippen molar-refractivity contribution < 1.29 is 0 Å². The van der Waals surface area contributed by atoms with Crippen molar-refractivity contribution in [2.24, 2.45) is 5.92 Å². The summed E-state index contributed by atoms with van der Waals surface area (Å²) in [5.74, 6) is 1.22. The Labute approximate surface area is 102 Å². The minimum atomic E-state index is 0.287. The van der Waals surface area contributed by atoms with E-state index in [0.717, 1.165) is 12.1 Å². The molecule has 0 radical (unpaired) electrons. The highest BCUT2D eigenvalue weighted by Gasteiger charge is 2.09. The molecule has 0 aliphatic heterocycles. The molecule has 0 amide bonds. The van der Waals surface area contributed by atoms with Gasteiger partial charge >= 0.3 is 0 Å². The highest BCUT2D eigenvalue weighted by atomic mass is 35.5. The first-order chi connectivity index (χ1) is 7.65. The molecule has 2 nitrogen and oxygen atoms in total. The van der Waals surface area contributed by atoms with Crippen LogP contribution in [0.2, 0.25) is 0 Å². The summed E-state index contributed by atoms with van der Waals surface area (Å²) in [5.41, 5.74) is 1.70. The Morgan fingerprint density at radius 3 is 2.38 bits per heavy atom. The number of nitrogens with one attached hydrogen (secondary N) is 1. The summed E-state index contributed by atoms with van der Waals surface area (Å²) in [6.07, 6.45) is 1.05. The van der Waals surface area contributed by atoms with Crippen molar-refractivity contribution in [1.29, 1.82) is 5.26 Å². The molecule has 86 valence electrons. The molecule has 1 atom stereocenters. The summed E-state index contributed by atoms with van der Waals surface area (Å²) in [5, 5.41) is 12.1. The Kier molecular flexibility index (Phi) is 5.14. The molecule has 0 saturated carbocycles.